The second kappa shape index (κ2) is 8.17. The Balaban J connectivity index is 2.03. The van der Waals surface area contributed by atoms with Crippen LogP contribution in [-0.4, -0.2) is 19.2 Å². The summed E-state index contributed by atoms with van der Waals surface area (Å²) in [5.41, 5.74) is 0. The van der Waals surface area contributed by atoms with E-state index >= 15 is 0 Å². The number of hydrogen-bond donors (Lipinski definition) is 1. The summed E-state index contributed by atoms with van der Waals surface area (Å²) >= 11 is 0. The van der Waals surface area contributed by atoms with Gasteiger partial charge in [-0.05, 0) is 44.9 Å². The van der Waals surface area contributed by atoms with Gasteiger partial charge < -0.3 is 10.1 Å². The molecule has 1 rings (SSSR count). The molecule has 0 saturated carbocycles. The maximum atomic E-state index is 5.63. The summed E-state index contributed by atoms with van der Waals surface area (Å²) in [6.07, 6.45) is 3.48. The van der Waals surface area contributed by atoms with E-state index in [0.29, 0.717) is 6.04 Å². The van der Waals surface area contributed by atoms with Gasteiger partial charge in [-0.25, -0.2) is 0 Å². The van der Waals surface area contributed by atoms with Gasteiger partial charge in [-0.2, -0.15) is 0 Å². The quantitative estimate of drug-likeness (QED) is 0.680. The number of hydrogen-bond acceptors (Lipinski definition) is 2. The normalized spacial score (nSPS) is 12.4. The van der Waals surface area contributed by atoms with Crippen LogP contribution in [0.15, 0.2) is 30.3 Å². The molecule has 1 aromatic rings. The van der Waals surface area contributed by atoms with E-state index < -0.39 is 0 Å². The molecule has 90 valence electrons. The van der Waals surface area contributed by atoms with Crippen LogP contribution >= 0.6 is 0 Å². The molecule has 0 aliphatic heterocycles. The first-order chi connectivity index (χ1) is 7.83. The molecule has 0 amide bonds. The summed E-state index contributed by atoms with van der Waals surface area (Å²) in [6, 6.07) is 10.6. The Labute approximate surface area is 99.0 Å². The fourth-order valence-electron chi connectivity index (χ4n) is 1.59. The van der Waals surface area contributed by atoms with Crippen LogP contribution in [0.2, 0.25) is 0 Å². The van der Waals surface area contributed by atoms with Crippen molar-refractivity contribution in [2.75, 3.05) is 13.2 Å². The van der Waals surface area contributed by atoms with Gasteiger partial charge in [0, 0.05) is 6.04 Å². The molecule has 0 fully saturated rings. The van der Waals surface area contributed by atoms with Crippen LogP contribution in [0, 0.1) is 0 Å². The summed E-state index contributed by atoms with van der Waals surface area (Å²) in [5.74, 6) is 0.969. The Morgan fingerprint density at radius 3 is 2.69 bits per heavy atom. The van der Waals surface area contributed by atoms with Crippen molar-refractivity contribution in [2.24, 2.45) is 0 Å². The smallest absolute Gasteiger partial charge is 0.119 e. The zero-order valence-corrected chi connectivity index (χ0v) is 10.4. The molecule has 2 nitrogen and oxygen atoms in total. The average molecular weight is 221 g/mol. The van der Waals surface area contributed by atoms with E-state index in [2.05, 4.69) is 19.2 Å². The molecule has 0 heterocycles. The van der Waals surface area contributed by atoms with Gasteiger partial charge in [0.1, 0.15) is 5.75 Å². The van der Waals surface area contributed by atoms with Crippen LogP contribution < -0.4 is 10.1 Å². The van der Waals surface area contributed by atoms with Gasteiger partial charge in [0.05, 0.1) is 6.61 Å². The van der Waals surface area contributed by atoms with Crippen LogP contribution in [0.5, 0.6) is 5.75 Å². The van der Waals surface area contributed by atoms with E-state index in [9.17, 15) is 0 Å². The Bertz CT molecular complexity index is 261. The zero-order chi connectivity index (χ0) is 11.6. The van der Waals surface area contributed by atoms with Gasteiger partial charge >= 0.3 is 0 Å². The van der Waals surface area contributed by atoms with Crippen molar-refractivity contribution in [3.63, 3.8) is 0 Å². The SMILES string of the molecule is CCCNC(C)CCCOc1ccccc1. The first-order valence-corrected chi connectivity index (χ1v) is 6.24. The monoisotopic (exact) mass is 221 g/mol. The van der Waals surface area contributed by atoms with Crippen LogP contribution in [0.25, 0.3) is 0 Å². The van der Waals surface area contributed by atoms with Crippen molar-refractivity contribution in [3.8, 4) is 5.75 Å². The minimum Gasteiger partial charge on any atom is -0.494 e. The topological polar surface area (TPSA) is 21.3 Å². The Morgan fingerprint density at radius 2 is 2.00 bits per heavy atom. The van der Waals surface area contributed by atoms with E-state index in [4.69, 9.17) is 4.74 Å². The van der Waals surface area contributed by atoms with E-state index in [1.807, 2.05) is 30.3 Å². The molecule has 2 heteroatoms. The molecule has 0 bridgehead atoms. The minimum absolute atomic E-state index is 0.597. The van der Waals surface area contributed by atoms with E-state index in [1.54, 1.807) is 0 Å². The maximum absolute atomic E-state index is 5.63. The van der Waals surface area contributed by atoms with Crippen molar-refractivity contribution >= 4 is 0 Å². The molecule has 0 radical (unpaired) electrons. The zero-order valence-electron chi connectivity index (χ0n) is 10.4. The fourth-order valence-corrected chi connectivity index (χ4v) is 1.59. The maximum Gasteiger partial charge on any atom is 0.119 e. The van der Waals surface area contributed by atoms with Gasteiger partial charge in [-0.3, -0.25) is 0 Å². The van der Waals surface area contributed by atoms with Crippen molar-refractivity contribution in [3.05, 3.63) is 30.3 Å². The molecule has 1 atom stereocenters. The molecule has 0 aromatic heterocycles. The lowest BCUT2D eigenvalue weighted by atomic mass is 10.2. The van der Waals surface area contributed by atoms with Crippen LogP contribution in [0.1, 0.15) is 33.1 Å². The molecule has 0 aliphatic carbocycles. The van der Waals surface area contributed by atoms with Gasteiger partial charge in [0.15, 0.2) is 0 Å². The van der Waals surface area contributed by atoms with Gasteiger partial charge in [-0.1, -0.05) is 25.1 Å². The van der Waals surface area contributed by atoms with Gasteiger partial charge in [-0.15, -0.1) is 0 Å². The first-order valence-electron chi connectivity index (χ1n) is 6.24. The lowest BCUT2D eigenvalue weighted by Gasteiger charge is -2.13. The molecule has 1 unspecified atom stereocenters. The fraction of sp³-hybridized carbons (Fsp3) is 0.571. The van der Waals surface area contributed by atoms with Crippen molar-refractivity contribution < 1.29 is 4.74 Å². The third-order valence-corrected chi connectivity index (χ3v) is 2.54. The molecule has 0 saturated heterocycles. The Kier molecular flexibility index (Phi) is 6.66. The molecule has 16 heavy (non-hydrogen) atoms. The Morgan fingerprint density at radius 1 is 1.25 bits per heavy atom. The number of ether oxygens (including phenoxy) is 1. The molecule has 0 spiro atoms. The molecule has 0 aliphatic rings. The van der Waals surface area contributed by atoms with Crippen molar-refractivity contribution in [2.45, 2.75) is 39.2 Å². The summed E-state index contributed by atoms with van der Waals surface area (Å²) in [6.45, 7) is 6.35. The number of para-hydroxylation sites is 1. The predicted molar refractivity (Wildman–Crippen MR) is 68.9 cm³/mol. The Hall–Kier alpha value is -1.02. The molecule has 1 N–H and O–H groups in total. The first kappa shape index (κ1) is 13.0. The molecule has 1 aromatic carbocycles. The third kappa shape index (κ3) is 5.76. The van der Waals surface area contributed by atoms with Crippen LogP contribution in [-0.2, 0) is 0 Å². The molecular formula is C14H23NO. The highest BCUT2D eigenvalue weighted by Crippen LogP contribution is 2.09. The summed E-state index contributed by atoms with van der Waals surface area (Å²) in [5, 5.41) is 3.48. The van der Waals surface area contributed by atoms with E-state index in [1.165, 1.54) is 12.8 Å². The third-order valence-electron chi connectivity index (χ3n) is 2.54. The van der Waals surface area contributed by atoms with Gasteiger partial charge in [0.25, 0.3) is 0 Å². The lowest BCUT2D eigenvalue weighted by Crippen LogP contribution is -2.26. The summed E-state index contributed by atoms with van der Waals surface area (Å²) in [4.78, 5) is 0. The summed E-state index contributed by atoms with van der Waals surface area (Å²) in [7, 11) is 0. The second-order valence-electron chi connectivity index (χ2n) is 4.16. The van der Waals surface area contributed by atoms with Crippen LogP contribution in [0.4, 0.5) is 0 Å². The predicted octanol–water partition coefficient (Wildman–Crippen LogP) is 3.23. The highest BCUT2D eigenvalue weighted by atomic mass is 16.5. The molecular weight excluding hydrogens is 198 g/mol. The van der Waals surface area contributed by atoms with Crippen molar-refractivity contribution in [1.29, 1.82) is 0 Å². The standard InChI is InChI=1S/C14H23NO/c1-3-11-15-13(2)8-7-12-16-14-9-5-4-6-10-14/h4-6,9-10,13,15H,3,7-8,11-12H2,1-2H3. The van der Waals surface area contributed by atoms with E-state index in [-0.39, 0.29) is 0 Å². The highest BCUT2D eigenvalue weighted by Gasteiger charge is 2.00. The van der Waals surface area contributed by atoms with Crippen LogP contribution in [0.3, 0.4) is 0 Å². The number of nitrogens with one attached hydrogen (secondary N) is 1. The largest absolute Gasteiger partial charge is 0.494 e. The minimum atomic E-state index is 0.597. The number of benzene rings is 1. The average Bonchev–Trinajstić information content (AvgIpc) is 2.33. The summed E-state index contributed by atoms with van der Waals surface area (Å²) < 4.78 is 5.63. The lowest BCUT2D eigenvalue weighted by molar-refractivity contribution is 0.298. The van der Waals surface area contributed by atoms with Gasteiger partial charge in [0.2, 0.25) is 0 Å². The second-order valence-corrected chi connectivity index (χ2v) is 4.16. The van der Waals surface area contributed by atoms with Crippen molar-refractivity contribution in [1.82, 2.24) is 5.32 Å². The van der Waals surface area contributed by atoms with E-state index in [0.717, 1.165) is 25.3 Å². The highest BCUT2D eigenvalue weighted by molar-refractivity contribution is 5.20. The number of rotatable bonds is 8.